The van der Waals surface area contributed by atoms with Gasteiger partial charge in [0.15, 0.2) is 4.96 Å². The van der Waals surface area contributed by atoms with E-state index in [2.05, 4.69) is 10.3 Å². The molecule has 0 aliphatic carbocycles. The van der Waals surface area contributed by atoms with Crippen LogP contribution >= 0.6 is 22.7 Å². The first-order valence-corrected chi connectivity index (χ1v) is 8.24. The molecule has 0 aliphatic heterocycles. The van der Waals surface area contributed by atoms with Crippen LogP contribution in [0.3, 0.4) is 0 Å². The molecular weight excluding hydrogens is 321 g/mol. The van der Waals surface area contributed by atoms with Gasteiger partial charge in [0.05, 0.1) is 10.4 Å². The molecule has 1 N–H and O–H groups in total. The number of hydrogen-bond acceptors (Lipinski definition) is 4. The van der Waals surface area contributed by atoms with Crippen LogP contribution in [0.5, 0.6) is 0 Å². The number of halogens is 1. The average Bonchev–Trinajstić information content (AvgIpc) is 3.14. The highest BCUT2D eigenvalue weighted by Crippen LogP contribution is 2.28. The zero-order valence-corrected chi connectivity index (χ0v) is 13.1. The lowest BCUT2D eigenvalue weighted by molar-refractivity contribution is 0.103. The highest BCUT2D eigenvalue weighted by molar-refractivity contribution is 7.21. The van der Waals surface area contributed by atoms with Crippen molar-refractivity contribution in [3.8, 4) is 0 Å². The lowest BCUT2D eigenvalue weighted by Gasteiger charge is -2.04. The number of carbonyl (C=O) groups excluding carboxylic acids is 1. The molecule has 1 amide bonds. The van der Waals surface area contributed by atoms with Gasteiger partial charge >= 0.3 is 0 Å². The molecule has 0 bridgehead atoms. The van der Waals surface area contributed by atoms with Gasteiger partial charge in [-0.25, -0.2) is 9.37 Å². The summed E-state index contributed by atoms with van der Waals surface area (Å²) in [5.74, 6) is -0.588. The molecule has 0 spiro atoms. The Kier molecular flexibility index (Phi) is 2.98. The van der Waals surface area contributed by atoms with Gasteiger partial charge in [-0.3, -0.25) is 9.20 Å². The number of anilines is 1. The number of nitrogens with one attached hydrogen (secondary N) is 1. The van der Waals surface area contributed by atoms with E-state index in [0.29, 0.717) is 16.1 Å². The SMILES string of the molecule is Cc1ccc(NC(=O)c2cc3c(nc4sccn43)s2)cc1F. The second kappa shape index (κ2) is 4.89. The van der Waals surface area contributed by atoms with E-state index in [0.717, 1.165) is 15.3 Å². The Hall–Kier alpha value is -2.25. The predicted octanol–water partition coefficient (Wildman–Crippen LogP) is 4.31. The molecule has 4 aromatic rings. The largest absolute Gasteiger partial charge is 0.321 e. The minimum absolute atomic E-state index is 0.254. The number of nitrogens with zero attached hydrogens (tertiary/aromatic N) is 2. The van der Waals surface area contributed by atoms with Crippen LogP contribution in [0.1, 0.15) is 15.2 Å². The summed E-state index contributed by atoms with van der Waals surface area (Å²) in [7, 11) is 0. The topological polar surface area (TPSA) is 46.4 Å². The standard InChI is InChI=1S/C15H10FN3OS2/c1-8-2-3-9(6-10(8)16)17-13(20)12-7-11-14(22-12)18-15-19(11)4-5-21-15/h2-7H,1H3,(H,17,20). The molecule has 110 valence electrons. The maximum atomic E-state index is 13.5. The number of hydrogen-bond donors (Lipinski definition) is 1. The molecule has 0 fully saturated rings. The zero-order valence-electron chi connectivity index (χ0n) is 11.5. The number of aryl methyl sites for hydroxylation is 1. The molecule has 0 aliphatic rings. The van der Waals surface area contributed by atoms with Crippen LogP contribution in [0, 0.1) is 12.7 Å². The Balaban J connectivity index is 1.66. The van der Waals surface area contributed by atoms with Gasteiger partial charge in [-0.1, -0.05) is 6.07 Å². The number of carbonyl (C=O) groups is 1. The molecule has 0 unspecified atom stereocenters. The van der Waals surface area contributed by atoms with Crippen LogP contribution < -0.4 is 5.32 Å². The summed E-state index contributed by atoms with van der Waals surface area (Å²) >= 11 is 2.89. The van der Waals surface area contributed by atoms with Gasteiger partial charge in [-0.05, 0) is 30.7 Å². The number of thiazole rings is 1. The zero-order chi connectivity index (χ0) is 15.3. The summed E-state index contributed by atoms with van der Waals surface area (Å²) in [5, 5.41) is 4.67. The van der Waals surface area contributed by atoms with Gasteiger partial charge in [-0.15, -0.1) is 22.7 Å². The van der Waals surface area contributed by atoms with Gasteiger partial charge in [-0.2, -0.15) is 0 Å². The number of aromatic nitrogens is 2. The van der Waals surface area contributed by atoms with Crippen molar-refractivity contribution in [1.82, 2.24) is 9.38 Å². The Labute approximate surface area is 132 Å². The van der Waals surface area contributed by atoms with Crippen molar-refractivity contribution < 1.29 is 9.18 Å². The van der Waals surface area contributed by atoms with Crippen LogP contribution in [0.15, 0.2) is 35.8 Å². The quantitative estimate of drug-likeness (QED) is 0.595. The molecule has 0 saturated heterocycles. The van der Waals surface area contributed by atoms with E-state index in [4.69, 9.17) is 0 Å². The summed E-state index contributed by atoms with van der Waals surface area (Å²) in [4.78, 5) is 19.1. The van der Waals surface area contributed by atoms with Gasteiger partial charge in [0, 0.05) is 17.3 Å². The van der Waals surface area contributed by atoms with E-state index >= 15 is 0 Å². The summed E-state index contributed by atoms with van der Waals surface area (Å²) in [6.45, 7) is 1.68. The monoisotopic (exact) mass is 331 g/mol. The van der Waals surface area contributed by atoms with E-state index in [9.17, 15) is 9.18 Å². The predicted molar refractivity (Wildman–Crippen MR) is 87.5 cm³/mol. The molecule has 4 nitrogen and oxygen atoms in total. The summed E-state index contributed by atoms with van der Waals surface area (Å²) in [6.07, 6.45) is 1.93. The van der Waals surface area contributed by atoms with Crippen LogP contribution in [0.25, 0.3) is 15.3 Å². The van der Waals surface area contributed by atoms with Gasteiger partial charge in [0.1, 0.15) is 10.6 Å². The van der Waals surface area contributed by atoms with Crippen LogP contribution in [0.2, 0.25) is 0 Å². The highest BCUT2D eigenvalue weighted by Gasteiger charge is 2.15. The van der Waals surface area contributed by atoms with Crippen molar-refractivity contribution in [3.63, 3.8) is 0 Å². The van der Waals surface area contributed by atoms with Crippen LogP contribution in [-0.4, -0.2) is 15.3 Å². The molecule has 0 saturated carbocycles. The Morgan fingerprint density at radius 3 is 3.05 bits per heavy atom. The smallest absolute Gasteiger partial charge is 0.265 e. The normalized spacial score (nSPS) is 11.4. The van der Waals surface area contributed by atoms with E-state index in [1.54, 1.807) is 30.4 Å². The van der Waals surface area contributed by atoms with Crippen LogP contribution in [0.4, 0.5) is 10.1 Å². The third-order valence-corrected chi connectivity index (χ3v) is 5.17. The molecule has 1 aromatic carbocycles. The third-order valence-electron chi connectivity index (χ3n) is 3.39. The Morgan fingerprint density at radius 1 is 1.36 bits per heavy atom. The highest BCUT2D eigenvalue weighted by atomic mass is 32.1. The summed E-state index contributed by atoms with van der Waals surface area (Å²) in [6, 6.07) is 6.47. The number of thiophene rings is 1. The number of imidazole rings is 1. The minimum atomic E-state index is -0.333. The molecule has 3 aromatic heterocycles. The fourth-order valence-corrected chi connectivity index (χ4v) is 3.92. The second-order valence-electron chi connectivity index (χ2n) is 4.89. The van der Waals surface area contributed by atoms with Crippen molar-refractivity contribution in [2.75, 3.05) is 5.32 Å². The first kappa shape index (κ1) is 13.4. The molecule has 3 heterocycles. The maximum absolute atomic E-state index is 13.5. The lowest BCUT2D eigenvalue weighted by Crippen LogP contribution is -2.10. The number of amides is 1. The lowest BCUT2D eigenvalue weighted by atomic mass is 10.2. The third kappa shape index (κ3) is 2.10. The Bertz CT molecular complexity index is 1010. The fraction of sp³-hybridized carbons (Fsp3) is 0.0667. The van der Waals surface area contributed by atoms with E-state index in [1.165, 1.54) is 17.4 Å². The first-order chi connectivity index (χ1) is 10.6. The summed E-state index contributed by atoms with van der Waals surface area (Å²) < 4.78 is 15.5. The Morgan fingerprint density at radius 2 is 2.23 bits per heavy atom. The summed E-state index contributed by atoms with van der Waals surface area (Å²) in [5.41, 5.74) is 1.91. The van der Waals surface area contributed by atoms with Crippen LogP contribution in [-0.2, 0) is 0 Å². The second-order valence-corrected chi connectivity index (χ2v) is 6.79. The average molecular weight is 331 g/mol. The van der Waals surface area contributed by atoms with Gasteiger partial charge in [0.25, 0.3) is 5.91 Å². The van der Waals surface area contributed by atoms with Gasteiger partial charge in [0.2, 0.25) is 0 Å². The molecule has 4 rings (SSSR count). The van der Waals surface area contributed by atoms with E-state index in [-0.39, 0.29) is 11.7 Å². The maximum Gasteiger partial charge on any atom is 0.265 e. The number of benzene rings is 1. The molecule has 0 radical (unpaired) electrons. The fourth-order valence-electron chi connectivity index (χ4n) is 2.22. The first-order valence-electron chi connectivity index (χ1n) is 6.54. The van der Waals surface area contributed by atoms with Crippen molar-refractivity contribution in [2.24, 2.45) is 0 Å². The van der Waals surface area contributed by atoms with Crippen molar-refractivity contribution in [3.05, 3.63) is 52.1 Å². The minimum Gasteiger partial charge on any atom is -0.321 e. The van der Waals surface area contributed by atoms with Crippen molar-refractivity contribution in [2.45, 2.75) is 6.92 Å². The van der Waals surface area contributed by atoms with Crippen molar-refractivity contribution >= 4 is 49.6 Å². The van der Waals surface area contributed by atoms with E-state index < -0.39 is 0 Å². The molecule has 7 heteroatoms. The number of fused-ring (bicyclic) bond motifs is 3. The van der Waals surface area contributed by atoms with Gasteiger partial charge < -0.3 is 5.32 Å². The molecule has 22 heavy (non-hydrogen) atoms. The number of rotatable bonds is 2. The van der Waals surface area contributed by atoms with E-state index in [1.807, 2.05) is 22.0 Å². The molecular formula is C15H10FN3OS2. The van der Waals surface area contributed by atoms with Crippen molar-refractivity contribution in [1.29, 1.82) is 0 Å². The molecule has 0 atom stereocenters.